The van der Waals surface area contributed by atoms with Crippen LogP contribution in [0.5, 0.6) is 0 Å². The van der Waals surface area contributed by atoms with Crippen LogP contribution in [0.3, 0.4) is 0 Å². The molecule has 11 rings (SSSR count). The molecule has 0 unspecified atom stereocenters. The molecule has 2 aliphatic rings. The van der Waals surface area contributed by atoms with Crippen molar-refractivity contribution in [3.63, 3.8) is 0 Å². The highest BCUT2D eigenvalue weighted by Gasteiger charge is 2.39. The van der Waals surface area contributed by atoms with Gasteiger partial charge in [0.05, 0.1) is 11.0 Å². The normalized spacial score (nSPS) is 18.9. The van der Waals surface area contributed by atoms with E-state index >= 15 is 0 Å². The minimum Gasteiger partial charge on any atom is -0.310 e. The maximum absolute atomic E-state index is 2.58. The second-order valence-corrected chi connectivity index (χ2v) is 20.5. The van der Waals surface area contributed by atoms with Crippen molar-refractivity contribution in [3.8, 4) is 27.9 Å². The first-order valence-corrected chi connectivity index (χ1v) is 24.5. The summed E-state index contributed by atoms with van der Waals surface area (Å²) in [6.07, 6.45) is 6.92. The Morgan fingerprint density at radius 2 is 1.02 bits per heavy atom. The van der Waals surface area contributed by atoms with Gasteiger partial charge in [0.2, 0.25) is 0 Å². The molecule has 2 saturated carbocycles. The van der Waals surface area contributed by atoms with E-state index in [9.17, 15) is 0 Å². The van der Waals surface area contributed by atoms with Crippen LogP contribution in [0.1, 0.15) is 88.0 Å². The lowest BCUT2D eigenvalue weighted by Crippen LogP contribution is -2.33. The Labute approximate surface area is 392 Å². The Morgan fingerprint density at radius 1 is 0.485 bits per heavy atom. The van der Waals surface area contributed by atoms with Crippen LogP contribution in [0.2, 0.25) is 0 Å². The van der Waals surface area contributed by atoms with Crippen molar-refractivity contribution in [2.75, 3.05) is 4.90 Å². The topological polar surface area (TPSA) is 8.17 Å². The molecule has 2 fully saturated rings. The van der Waals surface area contributed by atoms with Crippen LogP contribution in [0.4, 0.5) is 17.1 Å². The van der Waals surface area contributed by atoms with Gasteiger partial charge in [0.25, 0.3) is 0 Å². The predicted octanol–water partition coefficient (Wildman–Crippen LogP) is 17.8. The maximum Gasteiger partial charge on any atom is 0.0541 e. The number of aromatic nitrogens is 1. The van der Waals surface area contributed by atoms with E-state index in [4.69, 9.17) is 0 Å². The predicted molar refractivity (Wildman–Crippen MR) is 281 cm³/mol. The number of hydrogen-bond donors (Lipinski definition) is 0. The lowest BCUT2D eigenvalue weighted by Gasteiger charge is -2.44. The zero-order valence-corrected chi connectivity index (χ0v) is 39.3. The molecule has 1 heterocycles. The van der Waals surface area contributed by atoms with Crippen molar-refractivity contribution >= 4 is 38.9 Å². The quantitative estimate of drug-likeness (QED) is 0.133. The van der Waals surface area contributed by atoms with Crippen LogP contribution in [0.25, 0.3) is 49.7 Å². The van der Waals surface area contributed by atoms with E-state index in [1.165, 1.54) is 110 Å². The summed E-state index contributed by atoms with van der Waals surface area (Å²) in [7, 11) is 0. The van der Waals surface area contributed by atoms with Crippen molar-refractivity contribution in [2.24, 2.45) is 23.7 Å². The largest absolute Gasteiger partial charge is 0.310 e. The van der Waals surface area contributed by atoms with Gasteiger partial charge in [-0.25, -0.2) is 0 Å². The third-order valence-corrected chi connectivity index (χ3v) is 15.8. The number of nitrogens with zero attached hydrogens (tertiary/aromatic N) is 2. The molecule has 0 N–H and O–H groups in total. The van der Waals surface area contributed by atoms with Crippen molar-refractivity contribution in [1.29, 1.82) is 0 Å². The molecule has 2 aliphatic carbocycles. The highest BCUT2D eigenvalue weighted by atomic mass is 15.1. The summed E-state index contributed by atoms with van der Waals surface area (Å²) in [4.78, 5) is 2.49. The number of rotatable bonds is 10. The minimum atomic E-state index is -0.163. The van der Waals surface area contributed by atoms with Crippen LogP contribution < -0.4 is 4.90 Å². The number of para-hydroxylation sites is 2. The average Bonchev–Trinajstić information content (AvgIpc) is 3.69. The Bertz CT molecular complexity index is 3080. The van der Waals surface area contributed by atoms with Crippen LogP contribution >= 0.6 is 0 Å². The molecule has 0 spiro atoms. The van der Waals surface area contributed by atoms with Crippen LogP contribution in [-0.4, -0.2) is 4.57 Å². The van der Waals surface area contributed by atoms with Gasteiger partial charge in [0, 0.05) is 38.9 Å². The van der Waals surface area contributed by atoms with Gasteiger partial charge in [0.15, 0.2) is 0 Å². The van der Waals surface area contributed by atoms with Crippen LogP contribution in [-0.2, 0) is 5.41 Å². The fourth-order valence-corrected chi connectivity index (χ4v) is 12.7. The van der Waals surface area contributed by atoms with Crippen molar-refractivity contribution in [2.45, 2.75) is 78.1 Å². The molecule has 328 valence electrons. The Kier molecular flexibility index (Phi) is 11.0. The summed E-state index contributed by atoms with van der Waals surface area (Å²) in [6, 6.07) is 72.2. The standard InChI is InChI=1S/C64H62N2/c1-43-36-46-38-47(37-43)40-52(39-46)45(3)59-42-56(34-35-61(59)64(4,5)60-23-12-9-16-44(60)2)65(53-30-26-49(27-31-53)48-17-7-6-8-18-48)54-32-28-50(29-33-54)51-19-15-20-55(41-51)66-62-24-13-10-21-57(62)58-22-11-14-25-63(58)66/h6-35,41-43,45-47,52H,36-40H2,1-5H3/t43-,45-,46+,47-,52-/m0/s1. The molecule has 2 bridgehead atoms. The van der Waals surface area contributed by atoms with Gasteiger partial charge in [0.1, 0.15) is 0 Å². The van der Waals surface area contributed by atoms with Gasteiger partial charge in [-0.15, -0.1) is 0 Å². The molecule has 0 aliphatic heterocycles. The molecular weight excluding hydrogens is 797 g/mol. The Balaban J connectivity index is 1.01. The molecule has 5 atom stereocenters. The number of hydrogen-bond acceptors (Lipinski definition) is 1. The van der Waals surface area contributed by atoms with Gasteiger partial charge in [-0.3, -0.25) is 0 Å². The van der Waals surface area contributed by atoms with E-state index in [2.05, 4.69) is 238 Å². The summed E-state index contributed by atoms with van der Waals surface area (Å²) in [5.41, 5.74) is 17.5. The van der Waals surface area contributed by atoms with Crippen molar-refractivity contribution < 1.29 is 0 Å². The third-order valence-electron chi connectivity index (χ3n) is 15.8. The molecule has 0 saturated heterocycles. The number of aryl methyl sites for hydroxylation is 1. The summed E-state index contributed by atoms with van der Waals surface area (Å²) in [5, 5.41) is 2.56. The molecule has 8 aromatic carbocycles. The average molecular weight is 859 g/mol. The zero-order chi connectivity index (χ0) is 44.9. The van der Waals surface area contributed by atoms with E-state index in [1.807, 2.05) is 0 Å². The Hall–Kier alpha value is -6.64. The zero-order valence-electron chi connectivity index (χ0n) is 39.3. The SMILES string of the molecule is Cc1ccccc1C(C)(C)c1ccc(N(c2ccc(-c3ccccc3)cc2)c2ccc(-c3cccc(-n4c5ccccc5c5ccccc54)c3)cc2)cc1[C@@H](C)[C@H]1C[C@@H]2C[C@H](C)C[C@@H](C2)C1. The van der Waals surface area contributed by atoms with Crippen LogP contribution in [0, 0.1) is 30.6 Å². The molecule has 0 amide bonds. The smallest absolute Gasteiger partial charge is 0.0541 e. The first-order chi connectivity index (χ1) is 32.2. The fraction of sp³-hybridized carbons (Fsp3) is 0.250. The Morgan fingerprint density at radius 3 is 1.65 bits per heavy atom. The number of benzene rings is 8. The van der Waals surface area contributed by atoms with E-state index in [-0.39, 0.29) is 5.41 Å². The van der Waals surface area contributed by atoms with Gasteiger partial charge in [-0.2, -0.15) is 0 Å². The second kappa shape index (κ2) is 17.3. The van der Waals surface area contributed by atoms with E-state index in [0.29, 0.717) is 11.8 Å². The van der Waals surface area contributed by atoms with E-state index in [1.54, 1.807) is 0 Å². The molecule has 9 aromatic rings. The van der Waals surface area contributed by atoms with E-state index < -0.39 is 0 Å². The van der Waals surface area contributed by atoms with Crippen molar-refractivity contribution in [1.82, 2.24) is 4.57 Å². The van der Waals surface area contributed by atoms with Crippen LogP contribution in [0.15, 0.2) is 194 Å². The van der Waals surface area contributed by atoms with E-state index in [0.717, 1.165) is 29.1 Å². The summed E-state index contributed by atoms with van der Waals surface area (Å²) >= 11 is 0. The summed E-state index contributed by atoms with van der Waals surface area (Å²) in [6.45, 7) is 12.2. The fourth-order valence-electron chi connectivity index (χ4n) is 12.7. The third kappa shape index (κ3) is 7.75. The molecule has 0 radical (unpaired) electrons. The van der Waals surface area contributed by atoms with Gasteiger partial charge in [-0.1, -0.05) is 161 Å². The monoisotopic (exact) mass is 858 g/mol. The minimum absolute atomic E-state index is 0.163. The highest BCUT2D eigenvalue weighted by molar-refractivity contribution is 6.09. The van der Waals surface area contributed by atoms with Gasteiger partial charge in [-0.05, 0) is 174 Å². The molecule has 2 nitrogen and oxygen atoms in total. The lowest BCUT2D eigenvalue weighted by molar-refractivity contribution is 0.0935. The second-order valence-electron chi connectivity index (χ2n) is 20.5. The van der Waals surface area contributed by atoms with Crippen molar-refractivity contribution in [3.05, 3.63) is 216 Å². The molecular formula is C64H62N2. The highest BCUT2D eigenvalue weighted by Crippen LogP contribution is 2.51. The van der Waals surface area contributed by atoms with Gasteiger partial charge < -0.3 is 9.47 Å². The molecule has 2 heteroatoms. The first kappa shape index (κ1) is 42.0. The van der Waals surface area contributed by atoms with Gasteiger partial charge >= 0.3 is 0 Å². The number of anilines is 3. The summed E-state index contributed by atoms with van der Waals surface area (Å²) in [5.74, 6) is 3.70. The number of fused-ring (bicyclic) bond motifs is 5. The first-order valence-electron chi connectivity index (χ1n) is 24.5. The molecule has 66 heavy (non-hydrogen) atoms. The summed E-state index contributed by atoms with van der Waals surface area (Å²) < 4.78 is 2.41. The molecule has 1 aromatic heterocycles. The lowest BCUT2D eigenvalue weighted by atomic mass is 9.61. The maximum atomic E-state index is 2.58.